The lowest BCUT2D eigenvalue weighted by atomic mass is 9.85. The average molecular weight is 447 g/mol. The molecular weight excluding hydrogens is 420 g/mol. The van der Waals surface area contributed by atoms with E-state index in [0.717, 1.165) is 34.4 Å². The lowest BCUT2D eigenvalue weighted by molar-refractivity contribution is -0.122. The summed E-state index contributed by atoms with van der Waals surface area (Å²) in [4.78, 5) is 13.1. The Morgan fingerprint density at radius 1 is 0.824 bits per heavy atom. The van der Waals surface area contributed by atoms with E-state index in [2.05, 4.69) is 34.8 Å². The second kappa shape index (κ2) is 9.75. The Hall–Kier alpha value is -4.18. The first-order chi connectivity index (χ1) is 16.8. The van der Waals surface area contributed by atoms with Crippen molar-refractivity contribution in [3.63, 3.8) is 0 Å². The van der Waals surface area contributed by atoms with E-state index in [4.69, 9.17) is 4.74 Å². The zero-order chi connectivity index (χ0) is 23.2. The van der Waals surface area contributed by atoms with Gasteiger partial charge < -0.3 is 4.74 Å². The zero-order valence-corrected chi connectivity index (χ0v) is 18.8. The fourth-order valence-corrected chi connectivity index (χ4v) is 4.55. The third kappa shape index (κ3) is 4.48. The molecule has 4 heteroatoms. The van der Waals surface area contributed by atoms with Gasteiger partial charge in [-0.25, -0.2) is 5.43 Å². The Kier molecular flexibility index (Phi) is 6.21. The quantitative estimate of drug-likeness (QED) is 0.278. The fourth-order valence-electron chi connectivity index (χ4n) is 4.55. The van der Waals surface area contributed by atoms with Crippen molar-refractivity contribution < 1.29 is 9.53 Å². The summed E-state index contributed by atoms with van der Waals surface area (Å²) in [5.41, 5.74) is 6.68. The highest BCUT2D eigenvalue weighted by Gasteiger charge is 2.60. The van der Waals surface area contributed by atoms with Crippen molar-refractivity contribution >= 4 is 12.1 Å². The summed E-state index contributed by atoms with van der Waals surface area (Å²) in [5, 5.41) is 4.27. The van der Waals surface area contributed by atoms with Crippen molar-refractivity contribution in [1.82, 2.24) is 5.43 Å². The molecule has 1 fully saturated rings. The van der Waals surface area contributed by atoms with E-state index >= 15 is 0 Å². The van der Waals surface area contributed by atoms with Gasteiger partial charge in [-0.05, 0) is 35.2 Å². The van der Waals surface area contributed by atoms with Crippen LogP contribution in [0.5, 0.6) is 5.75 Å². The van der Waals surface area contributed by atoms with Crippen LogP contribution in [0.3, 0.4) is 0 Å². The number of nitrogens with zero attached hydrogens (tertiary/aromatic N) is 1. The van der Waals surface area contributed by atoms with E-state index in [1.54, 1.807) is 6.21 Å². The number of nitrogens with one attached hydrogen (secondary N) is 1. The van der Waals surface area contributed by atoms with Crippen molar-refractivity contribution in [3.8, 4) is 5.75 Å². The van der Waals surface area contributed by atoms with Gasteiger partial charge in [0.2, 0.25) is 5.91 Å². The second-order valence-corrected chi connectivity index (χ2v) is 8.51. The Morgan fingerprint density at radius 3 is 2.03 bits per heavy atom. The molecule has 1 unspecified atom stereocenters. The van der Waals surface area contributed by atoms with E-state index in [-0.39, 0.29) is 17.2 Å². The Bertz CT molecular complexity index is 1230. The Labute approximate surface area is 199 Å². The minimum Gasteiger partial charge on any atom is -0.488 e. The third-order valence-corrected chi connectivity index (χ3v) is 6.39. The molecule has 1 amide bonds. The molecule has 0 radical (unpaired) electrons. The van der Waals surface area contributed by atoms with Gasteiger partial charge in [0, 0.05) is 11.0 Å². The first-order valence-corrected chi connectivity index (χ1v) is 11.5. The molecule has 5 rings (SSSR count). The molecule has 4 aromatic rings. The highest BCUT2D eigenvalue weighted by atomic mass is 16.5. The molecule has 0 saturated heterocycles. The smallest absolute Gasteiger partial charge is 0.244 e. The van der Waals surface area contributed by atoms with Crippen molar-refractivity contribution in [2.45, 2.75) is 18.4 Å². The van der Waals surface area contributed by atoms with Gasteiger partial charge >= 0.3 is 0 Å². The third-order valence-electron chi connectivity index (χ3n) is 6.39. The monoisotopic (exact) mass is 446 g/mol. The van der Waals surface area contributed by atoms with E-state index in [1.807, 2.05) is 91.0 Å². The maximum absolute atomic E-state index is 13.1. The average Bonchev–Trinajstić information content (AvgIpc) is 3.67. The molecular formula is C30H26N2O2. The molecule has 4 nitrogen and oxygen atoms in total. The van der Waals surface area contributed by atoms with Crippen LogP contribution in [0.2, 0.25) is 0 Å². The van der Waals surface area contributed by atoms with Gasteiger partial charge in [-0.2, -0.15) is 5.10 Å². The van der Waals surface area contributed by atoms with Crippen LogP contribution in [-0.4, -0.2) is 12.1 Å². The molecule has 168 valence electrons. The van der Waals surface area contributed by atoms with Crippen molar-refractivity contribution in [1.29, 1.82) is 0 Å². The molecule has 1 aliphatic carbocycles. The van der Waals surface area contributed by atoms with Crippen LogP contribution >= 0.6 is 0 Å². The minimum absolute atomic E-state index is 0.0772. The summed E-state index contributed by atoms with van der Waals surface area (Å²) in [6.07, 6.45) is 2.41. The normalized spacial score (nSPS) is 16.2. The molecule has 1 atom stereocenters. The summed E-state index contributed by atoms with van der Waals surface area (Å²) < 4.78 is 5.99. The number of rotatable bonds is 8. The highest BCUT2D eigenvalue weighted by Crippen LogP contribution is 2.58. The lowest BCUT2D eigenvalue weighted by Crippen LogP contribution is -2.25. The van der Waals surface area contributed by atoms with E-state index in [1.165, 1.54) is 0 Å². The van der Waals surface area contributed by atoms with Crippen LogP contribution in [0.25, 0.3) is 0 Å². The van der Waals surface area contributed by atoms with Crippen LogP contribution in [0.4, 0.5) is 0 Å². The predicted molar refractivity (Wildman–Crippen MR) is 135 cm³/mol. The largest absolute Gasteiger partial charge is 0.488 e. The lowest BCUT2D eigenvalue weighted by Gasteiger charge is -2.18. The molecule has 0 heterocycles. The van der Waals surface area contributed by atoms with Crippen LogP contribution in [-0.2, 0) is 16.8 Å². The van der Waals surface area contributed by atoms with Crippen molar-refractivity contribution in [2.24, 2.45) is 11.0 Å². The maximum Gasteiger partial charge on any atom is 0.244 e. The SMILES string of the molecule is O=C(N/N=C/c1ccccc1OCc1ccccc1)C1CC1(c1ccccc1)c1ccccc1. The molecule has 1 aliphatic rings. The van der Waals surface area contributed by atoms with Crippen LogP contribution in [0.1, 0.15) is 28.7 Å². The van der Waals surface area contributed by atoms with Crippen molar-refractivity contribution in [3.05, 3.63) is 138 Å². The molecule has 1 N–H and O–H groups in total. The standard InChI is InChI=1S/C30H26N2O2/c33-29(27-20-30(27,25-15-6-2-7-16-25)26-17-8-3-9-18-26)32-31-21-24-14-10-11-19-28(24)34-22-23-12-4-1-5-13-23/h1-19,21,27H,20,22H2,(H,32,33)/b31-21+. The Morgan fingerprint density at radius 2 is 1.38 bits per heavy atom. The van der Waals surface area contributed by atoms with Crippen molar-refractivity contribution in [2.75, 3.05) is 0 Å². The van der Waals surface area contributed by atoms with Crippen LogP contribution in [0.15, 0.2) is 120 Å². The number of carbonyl (C=O) groups excluding carboxylic acids is 1. The fraction of sp³-hybridized carbons (Fsp3) is 0.133. The molecule has 0 bridgehead atoms. The summed E-state index contributed by atoms with van der Waals surface area (Å²) >= 11 is 0. The number of benzene rings is 4. The predicted octanol–water partition coefficient (Wildman–Crippen LogP) is 5.72. The number of carbonyl (C=O) groups is 1. The number of hydrazone groups is 1. The minimum atomic E-state index is -0.307. The number of amides is 1. The molecule has 34 heavy (non-hydrogen) atoms. The molecule has 4 aromatic carbocycles. The molecule has 0 spiro atoms. The number of hydrogen-bond donors (Lipinski definition) is 1. The van der Waals surface area contributed by atoms with Gasteiger partial charge in [0.15, 0.2) is 0 Å². The zero-order valence-electron chi connectivity index (χ0n) is 18.8. The van der Waals surface area contributed by atoms with E-state index < -0.39 is 0 Å². The van der Waals surface area contributed by atoms with E-state index in [0.29, 0.717) is 6.61 Å². The van der Waals surface area contributed by atoms with Gasteiger partial charge in [0.1, 0.15) is 12.4 Å². The highest BCUT2D eigenvalue weighted by molar-refractivity contribution is 5.88. The van der Waals surface area contributed by atoms with Crippen LogP contribution in [0, 0.1) is 5.92 Å². The van der Waals surface area contributed by atoms with Gasteiger partial charge in [-0.1, -0.05) is 103 Å². The van der Waals surface area contributed by atoms with Gasteiger partial charge in [-0.3, -0.25) is 4.79 Å². The second-order valence-electron chi connectivity index (χ2n) is 8.51. The van der Waals surface area contributed by atoms with Gasteiger partial charge in [0.25, 0.3) is 0 Å². The topological polar surface area (TPSA) is 50.7 Å². The summed E-state index contributed by atoms with van der Waals surface area (Å²) in [6.45, 7) is 0.469. The van der Waals surface area contributed by atoms with E-state index in [9.17, 15) is 4.79 Å². The van der Waals surface area contributed by atoms with Gasteiger partial charge in [0.05, 0.1) is 12.1 Å². The maximum atomic E-state index is 13.1. The number of para-hydroxylation sites is 1. The summed E-state index contributed by atoms with van der Waals surface area (Å²) in [7, 11) is 0. The first kappa shape index (κ1) is 21.7. The Balaban J connectivity index is 1.28. The first-order valence-electron chi connectivity index (χ1n) is 11.5. The molecule has 0 aromatic heterocycles. The van der Waals surface area contributed by atoms with Crippen LogP contribution < -0.4 is 10.2 Å². The number of hydrogen-bond acceptors (Lipinski definition) is 3. The van der Waals surface area contributed by atoms with Gasteiger partial charge in [-0.15, -0.1) is 0 Å². The molecule has 0 aliphatic heterocycles. The summed E-state index contributed by atoms with van der Waals surface area (Å²) in [5.74, 6) is 0.476. The summed E-state index contributed by atoms with van der Waals surface area (Å²) in [6, 6.07) is 38.2. The molecule has 1 saturated carbocycles. The number of ether oxygens (including phenoxy) is 1.